The van der Waals surface area contributed by atoms with Crippen LogP contribution in [-0.4, -0.2) is 60.6 Å². The summed E-state index contributed by atoms with van der Waals surface area (Å²) in [4.78, 5) is 5.09. The van der Waals surface area contributed by atoms with E-state index in [0.717, 1.165) is 32.6 Å². The number of nitrogens with zero attached hydrogens (tertiary/aromatic N) is 3. The van der Waals surface area contributed by atoms with Crippen molar-refractivity contribution in [3.63, 3.8) is 0 Å². The van der Waals surface area contributed by atoms with Crippen LogP contribution < -0.4 is 5.32 Å². The Morgan fingerprint density at radius 2 is 1.63 bits per heavy atom. The molecule has 1 aliphatic heterocycles. The van der Waals surface area contributed by atoms with Gasteiger partial charge in [-0.3, -0.25) is 9.80 Å². The molecule has 19 heavy (non-hydrogen) atoms. The van der Waals surface area contributed by atoms with Gasteiger partial charge in [-0.05, 0) is 40.7 Å². The molecule has 0 saturated carbocycles. The van der Waals surface area contributed by atoms with Crippen LogP contribution in [0.4, 0.5) is 0 Å². The molecule has 0 aliphatic carbocycles. The van der Waals surface area contributed by atoms with Crippen LogP contribution >= 0.6 is 0 Å². The molecule has 0 aromatic rings. The number of piperazine rings is 1. The Hall–Kier alpha value is -0.630. The van der Waals surface area contributed by atoms with Crippen LogP contribution in [-0.2, 0) is 0 Å². The molecule has 3 unspecified atom stereocenters. The Balaban J connectivity index is 2.45. The van der Waals surface area contributed by atoms with Gasteiger partial charge in [0.1, 0.15) is 5.54 Å². The van der Waals surface area contributed by atoms with E-state index < -0.39 is 5.54 Å². The van der Waals surface area contributed by atoms with Crippen LogP contribution in [0.3, 0.4) is 0 Å². The van der Waals surface area contributed by atoms with Gasteiger partial charge in [-0.2, -0.15) is 5.26 Å². The molecule has 0 aromatic carbocycles. The minimum Gasteiger partial charge on any atom is -0.303 e. The summed E-state index contributed by atoms with van der Waals surface area (Å²) >= 11 is 0. The van der Waals surface area contributed by atoms with Crippen LogP contribution in [0.1, 0.15) is 40.5 Å². The molecule has 4 heteroatoms. The van der Waals surface area contributed by atoms with Crippen molar-refractivity contribution < 1.29 is 0 Å². The molecule has 1 rings (SSSR count). The van der Waals surface area contributed by atoms with Crippen molar-refractivity contribution in [1.29, 1.82) is 5.26 Å². The maximum absolute atomic E-state index is 9.24. The third-order valence-electron chi connectivity index (χ3n) is 4.69. The lowest BCUT2D eigenvalue weighted by atomic mass is 9.94. The molecule has 0 radical (unpaired) electrons. The van der Waals surface area contributed by atoms with Gasteiger partial charge in [0.05, 0.1) is 6.07 Å². The van der Waals surface area contributed by atoms with Crippen LogP contribution in [0.15, 0.2) is 0 Å². The quantitative estimate of drug-likeness (QED) is 0.794. The highest BCUT2D eigenvalue weighted by molar-refractivity contribution is 5.04. The minimum atomic E-state index is -0.409. The van der Waals surface area contributed by atoms with E-state index in [9.17, 15) is 5.26 Å². The molecule has 0 amide bonds. The molecule has 4 nitrogen and oxygen atoms in total. The lowest BCUT2D eigenvalue weighted by Crippen LogP contribution is -2.54. The first kappa shape index (κ1) is 16.4. The van der Waals surface area contributed by atoms with Crippen LogP contribution in [0, 0.1) is 11.3 Å². The second kappa shape index (κ2) is 7.23. The highest BCUT2D eigenvalue weighted by Crippen LogP contribution is 2.18. The first-order chi connectivity index (χ1) is 8.95. The van der Waals surface area contributed by atoms with Crippen LogP contribution in [0.25, 0.3) is 0 Å². The second-order valence-electron chi connectivity index (χ2n) is 6.08. The lowest BCUT2D eigenvalue weighted by Gasteiger charge is -2.41. The van der Waals surface area contributed by atoms with Crippen molar-refractivity contribution in [3.8, 4) is 6.07 Å². The SMILES string of the molecule is CCC(C)N1CCN(C(C)CC(C)(C#N)NC)CC1. The predicted octanol–water partition coefficient (Wildman–Crippen LogP) is 1.68. The van der Waals surface area contributed by atoms with Crippen molar-refractivity contribution in [2.75, 3.05) is 33.2 Å². The fraction of sp³-hybridized carbons (Fsp3) is 0.933. The average molecular weight is 266 g/mol. The van der Waals surface area contributed by atoms with E-state index in [1.54, 1.807) is 0 Å². The van der Waals surface area contributed by atoms with Gasteiger partial charge in [0.15, 0.2) is 0 Å². The summed E-state index contributed by atoms with van der Waals surface area (Å²) in [5.74, 6) is 0. The molecule has 1 N–H and O–H groups in total. The topological polar surface area (TPSA) is 42.3 Å². The molecule has 0 aromatic heterocycles. The zero-order valence-corrected chi connectivity index (χ0v) is 13.2. The molecule has 1 heterocycles. The fourth-order valence-electron chi connectivity index (χ4n) is 2.80. The van der Waals surface area contributed by atoms with E-state index in [0.29, 0.717) is 12.1 Å². The first-order valence-corrected chi connectivity index (χ1v) is 7.54. The summed E-state index contributed by atoms with van der Waals surface area (Å²) in [5, 5.41) is 12.4. The van der Waals surface area contributed by atoms with Crippen molar-refractivity contribution in [3.05, 3.63) is 0 Å². The largest absolute Gasteiger partial charge is 0.303 e. The molecule has 0 spiro atoms. The Labute approximate surface area is 118 Å². The summed E-state index contributed by atoms with van der Waals surface area (Å²) < 4.78 is 0. The van der Waals surface area contributed by atoms with Crippen LogP contribution in [0.2, 0.25) is 0 Å². The van der Waals surface area contributed by atoms with Crippen molar-refractivity contribution in [1.82, 2.24) is 15.1 Å². The van der Waals surface area contributed by atoms with Gasteiger partial charge in [-0.1, -0.05) is 6.92 Å². The normalized spacial score (nSPS) is 24.4. The maximum Gasteiger partial charge on any atom is 0.105 e. The molecular formula is C15H30N4. The van der Waals surface area contributed by atoms with Gasteiger partial charge in [0, 0.05) is 38.3 Å². The lowest BCUT2D eigenvalue weighted by molar-refractivity contribution is 0.0693. The fourth-order valence-corrected chi connectivity index (χ4v) is 2.80. The Kier molecular flexibility index (Phi) is 6.25. The van der Waals surface area contributed by atoms with Gasteiger partial charge in [-0.25, -0.2) is 0 Å². The first-order valence-electron chi connectivity index (χ1n) is 7.54. The summed E-state index contributed by atoms with van der Waals surface area (Å²) in [6, 6.07) is 3.53. The van der Waals surface area contributed by atoms with Crippen molar-refractivity contribution in [2.45, 2.75) is 58.2 Å². The molecule has 0 bridgehead atoms. The summed E-state index contributed by atoms with van der Waals surface area (Å²) in [6.45, 7) is 13.3. The molecular weight excluding hydrogens is 236 g/mol. The second-order valence-corrected chi connectivity index (χ2v) is 6.08. The molecule has 1 fully saturated rings. The standard InChI is InChI=1S/C15H30N4/c1-6-13(2)18-7-9-19(10-8-18)14(3)11-15(4,12-16)17-5/h13-14,17H,6-11H2,1-5H3. The number of nitriles is 1. The number of rotatable bonds is 6. The van der Waals surface area contributed by atoms with Crippen molar-refractivity contribution >= 4 is 0 Å². The van der Waals surface area contributed by atoms with Gasteiger partial charge >= 0.3 is 0 Å². The highest BCUT2D eigenvalue weighted by Gasteiger charge is 2.29. The third-order valence-corrected chi connectivity index (χ3v) is 4.69. The zero-order valence-electron chi connectivity index (χ0n) is 13.2. The molecule has 1 aliphatic rings. The monoisotopic (exact) mass is 266 g/mol. The zero-order chi connectivity index (χ0) is 14.5. The van der Waals surface area contributed by atoms with Gasteiger partial charge in [0.25, 0.3) is 0 Å². The third kappa shape index (κ3) is 4.45. The van der Waals surface area contributed by atoms with E-state index in [2.05, 4.69) is 42.0 Å². The molecule has 3 atom stereocenters. The highest BCUT2D eigenvalue weighted by atomic mass is 15.3. The Morgan fingerprint density at radius 3 is 2.00 bits per heavy atom. The van der Waals surface area contributed by atoms with E-state index in [-0.39, 0.29) is 0 Å². The molecule has 1 saturated heterocycles. The Morgan fingerprint density at radius 1 is 1.16 bits per heavy atom. The Bertz CT molecular complexity index is 304. The summed E-state index contributed by atoms with van der Waals surface area (Å²) in [5.41, 5.74) is -0.409. The number of nitrogens with one attached hydrogen (secondary N) is 1. The van der Waals surface area contributed by atoms with E-state index in [4.69, 9.17) is 0 Å². The van der Waals surface area contributed by atoms with Gasteiger partial charge in [0.2, 0.25) is 0 Å². The van der Waals surface area contributed by atoms with Crippen LogP contribution in [0.5, 0.6) is 0 Å². The maximum atomic E-state index is 9.24. The van der Waals surface area contributed by atoms with Crippen molar-refractivity contribution in [2.24, 2.45) is 0 Å². The molecule has 110 valence electrons. The predicted molar refractivity (Wildman–Crippen MR) is 80.1 cm³/mol. The van der Waals surface area contributed by atoms with E-state index in [1.807, 2.05) is 14.0 Å². The summed E-state index contributed by atoms with van der Waals surface area (Å²) in [6.07, 6.45) is 2.10. The minimum absolute atomic E-state index is 0.409. The number of hydrogen-bond donors (Lipinski definition) is 1. The average Bonchev–Trinajstić information content (AvgIpc) is 2.46. The van der Waals surface area contributed by atoms with Gasteiger partial charge in [-0.15, -0.1) is 0 Å². The van der Waals surface area contributed by atoms with E-state index in [1.165, 1.54) is 6.42 Å². The number of hydrogen-bond acceptors (Lipinski definition) is 4. The smallest absolute Gasteiger partial charge is 0.105 e. The summed E-state index contributed by atoms with van der Waals surface area (Å²) in [7, 11) is 1.87. The van der Waals surface area contributed by atoms with Gasteiger partial charge < -0.3 is 5.32 Å². The van der Waals surface area contributed by atoms with E-state index >= 15 is 0 Å².